The lowest BCUT2D eigenvalue weighted by molar-refractivity contribution is 0.00662. The van der Waals surface area contributed by atoms with Crippen molar-refractivity contribution in [2.24, 2.45) is 17.3 Å². The summed E-state index contributed by atoms with van der Waals surface area (Å²) in [4.78, 5) is 0. The van der Waals surface area contributed by atoms with Gasteiger partial charge in [-0.2, -0.15) is 0 Å². The van der Waals surface area contributed by atoms with Crippen LogP contribution in [-0.4, -0.2) is 5.60 Å². The maximum Gasteiger partial charge on any atom is 0.138 e. The molecule has 3 fully saturated rings. The molecule has 0 N–H and O–H groups in total. The number of aryl methyl sites for hydroxylation is 1. The lowest BCUT2D eigenvalue weighted by Crippen LogP contribution is -2.40. The summed E-state index contributed by atoms with van der Waals surface area (Å²) in [6, 6.07) is 6.11. The Hall–Kier alpha value is -0.690. The summed E-state index contributed by atoms with van der Waals surface area (Å²) in [5.74, 6) is 2.77. The number of benzene rings is 1. The third kappa shape index (κ3) is 1.89. The highest BCUT2D eigenvalue weighted by molar-refractivity contribution is 6.32. The number of ether oxygens (including phenoxy) is 1. The Bertz CT molecular complexity index is 540. The molecule has 0 saturated heterocycles. The average Bonchev–Trinajstić information content (AvgIpc) is 2.84. The van der Waals surface area contributed by atoms with Gasteiger partial charge in [0, 0.05) is 0 Å². The maximum atomic E-state index is 6.37. The topological polar surface area (TPSA) is 9.23 Å². The number of fused-ring (bicyclic) bond motifs is 1. The van der Waals surface area contributed by atoms with E-state index in [1.54, 1.807) is 0 Å². The molecule has 2 bridgehead atoms. The molecule has 0 aliphatic heterocycles. The van der Waals surface area contributed by atoms with Crippen molar-refractivity contribution in [2.75, 3.05) is 0 Å². The van der Waals surface area contributed by atoms with E-state index in [0.29, 0.717) is 5.41 Å². The summed E-state index contributed by atoms with van der Waals surface area (Å²) in [5, 5.41) is 0.754. The second kappa shape index (κ2) is 3.69. The van der Waals surface area contributed by atoms with Crippen LogP contribution in [0.25, 0.3) is 0 Å². The normalized spacial score (nSPS) is 42.9. The molecule has 1 aromatic rings. The van der Waals surface area contributed by atoms with Gasteiger partial charge < -0.3 is 4.74 Å². The highest BCUT2D eigenvalue weighted by atomic mass is 35.5. The second-order valence-corrected chi connectivity index (χ2v) is 7.84. The van der Waals surface area contributed by atoms with Gasteiger partial charge in [-0.1, -0.05) is 17.7 Å². The fraction of sp³-hybridized carbons (Fsp3) is 0.647. The summed E-state index contributed by atoms with van der Waals surface area (Å²) in [6.07, 6.45) is 6.78. The molecule has 0 radical (unpaired) electrons. The van der Waals surface area contributed by atoms with Gasteiger partial charge in [0.15, 0.2) is 0 Å². The van der Waals surface area contributed by atoms with Crippen LogP contribution in [0.15, 0.2) is 18.2 Å². The predicted molar refractivity (Wildman–Crippen MR) is 77.7 cm³/mol. The molecule has 3 aliphatic carbocycles. The molecular formula is C17H21ClO. The van der Waals surface area contributed by atoms with Crippen molar-refractivity contribution in [3.05, 3.63) is 28.8 Å². The fourth-order valence-corrected chi connectivity index (χ4v) is 5.25. The first-order valence-electron chi connectivity index (χ1n) is 7.43. The van der Waals surface area contributed by atoms with Gasteiger partial charge in [0.1, 0.15) is 11.4 Å². The van der Waals surface area contributed by atoms with E-state index in [-0.39, 0.29) is 5.60 Å². The van der Waals surface area contributed by atoms with Crippen LogP contribution in [0.3, 0.4) is 0 Å². The van der Waals surface area contributed by atoms with Crippen LogP contribution >= 0.6 is 11.6 Å². The first-order chi connectivity index (χ1) is 8.98. The molecule has 3 aliphatic rings. The maximum absolute atomic E-state index is 6.37. The molecule has 102 valence electrons. The Kier molecular flexibility index (Phi) is 2.35. The van der Waals surface area contributed by atoms with Gasteiger partial charge >= 0.3 is 0 Å². The van der Waals surface area contributed by atoms with Crippen LogP contribution in [0.1, 0.15) is 44.6 Å². The summed E-state index contributed by atoms with van der Waals surface area (Å²) >= 11 is 6.32. The minimum atomic E-state index is -0.00688. The van der Waals surface area contributed by atoms with E-state index in [2.05, 4.69) is 19.9 Å². The zero-order valence-corrected chi connectivity index (χ0v) is 12.5. The molecule has 2 heteroatoms. The lowest BCUT2D eigenvalue weighted by Gasteiger charge is -2.40. The number of hydrogen-bond donors (Lipinski definition) is 0. The van der Waals surface area contributed by atoms with Crippen molar-refractivity contribution >= 4 is 11.6 Å². The van der Waals surface area contributed by atoms with Crippen LogP contribution in [0.2, 0.25) is 5.02 Å². The lowest BCUT2D eigenvalue weighted by atomic mass is 9.74. The molecular weight excluding hydrogens is 256 g/mol. The quantitative estimate of drug-likeness (QED) is 0.739. The van der Waals surface area contributed by atoms with Crippen molar-refractivity contribution in [2.45, 2.75) is 51.6 Å². The molecule has 1 spiro atoms. The highest BCUT2D eigenvalue weighted by Gasteiger charge is 2.65. The third-order valence-corrected chi connectivity index (χ3v) is 5.86. The van der Waals surface area contributed by atoms with E-state index < -0.39 is 0 Å². The van der Waals surface area contributed by atoms with Gasteiger partial charge in [-0.05, 0) is 80.9 Å². The van der Waals surface area contributed by atoms with E-state index in [0.717, 1.165) is 22.6 Å². The Balaban J connectivity index is 1.59. The summed E-state index contributed by atoms with van der Waals surface area (Å²) in [7, 11) is 0. The van der Waals surface area contributed by atoms with Gasteiger partial charge in [0.25, 0.3) is 0 Å². The molecule has 3 saturated carbocycles. The molecule has 19 heavy (non-hydrogen) atoms. The van der Waals surface area contributed by atoms with Crippen LogP contribution in [-0.2, 0) is 0 Å². The second-order valence-electron chi connectivity index (χ2n) is 7.44. The molecule has 1 nitrogen and oxygen atoms in total. The predicted octanol–water partition coefficient (Wildman–Crippen LogP) is 5.00. The van der Waals surface area contributed by atoms with Gasteiger partial charge in [0.05, 0.1) is 5.02 Å². The van der Waals surface area contributed by atoms with Crippen LogP contribution in [0, 0.1) is 24.2 Å². The first kappa shape index (κ1) is 12.1. The minimum absolute atomic E-state index is 0.00688. The van der Waals surface area contributed by atoms with E-state index in [4.69, 9.17) is 16.3 Å². The smallest absolute Gasteiger partial charge is 0.138 e. The van der Waals surface area contributed by atoms with Gasteiger partial charge in [-0.3, -0.25) is 0 Å². The molecule has 4 rings (SSSR count). The Morgan fingerprint density at radius 3 is 2.84 bits per heavy atom. The molecule has 0 heterocycles. The van der Waals surface area contributed by atoms with E-state index >= 15 is 0 Å². The van der Waals surface area contributed by atoms with Gasteiger partial charge in [-0.25, -0.2) is 0 Å². The van der Waals surface area contributed by atoms with Crippen LogP contribution < -0.4 is 4.74 Å². The zero-order valence-electron chi connectivity index (χ0n) is 11.7. The average molecular weight is 277 g/mol. The van der Waals surface area contributed by atoms with Gasteiger partial charge in [0.2, 0.25) is 0 Å². The summed E-state index contributed by atoms with van der Waals surface area (Å²) in [5.41, 5.74) is 1.83. The monoisotopic (exact) mass is 276 g/mol. The summed E-state index contributed by atoms with van der Waals surface area (Å²) < 4.78 is 6.37. The summed E-state index contributed by atoms with van der Waals surface area (Å²) in [6.45, 7) is 4.35. The van der Waals surface area contributed by atoms with Crippen molar-refractivity contribution in [1.29, 1.82) is 0 Å². The van der Waals surface area contributed by atoms with Crippen molar-refractivity contribution in [1.82, 2.24) is 0 Å². The Morgan fingerprint density at radius 2 is 2.11 bits per heavy atom. The fourth-order valence-electron chi connectivity index (χ4n) is 4.98. The largest absolute Gasteiger partial charge is 0.486 e. The highest BCUT2D eigenvalue weighted by Crippen LogP contribution is 2.72. The third-order valence-electron chi connectivity index (χ3n) is 5.56. The molecule has 0 aromatic heterocycles. The molecule has 4 unspecified atom stereocenters. The SMILES string of the molecule is Cc1ccc(OC2(C)CC3CC4CC4(C3)C2)c(Cl)c1. The minimum Gasteiger partial charge on any atom is -0.486 e. The van der Waals surface area contributed by atoms with E-state index in [9.17, 15) is 0 Å². The standard InChI is InChI=1S/C17H21ClO/c1-11-3-4-15(14(18)5-11)19-16(2)7-12-6-13-9-17(13,8-12)10-16/h3-5,12-13H,6-10H2,1-2H3. The van der Waals surface area contributed by atoms with E-state index in [1.807, 2.05) is 12.1 Å². The van der Waals surface area contributed by atoms with Crippen molar-refractivity contribution < 1.29 is 4.74 Å². The number of hydrogen-bond acceptors (Lipinski definition) is 1. The van der Waals surface area contributed by atoms with Crippen LogP contribution in [0.5, 0.6) is 5.75 Å². The number of halogens is 1. The van der Waals surface area contributed by atoms with E-state index in [1.165, 1.54) is 37.7 Å². The van der Waals surface area contributed by atoms with Gasteiger partial charge in [-0.15, -0.1) is 0 Å². The molecule has 1 aromatic carbocycles. The number of rotatable bonds is 2. The van der Waals surface area contributed by atoms with Crippen molar-refractivity contribution in [3.63, 3.8) is 0 Å². The Labute approximate surface area is 120 Å². The molecule has 4 atom stereocenters. The zero-order chi connectivity index (χ0) is 13.3. The van der Waals surface area contributed by atoms with Crippen LogP contribution in [0.4, 0.5) is 0 Å². The Morgan fingerprint density at radius 1 is 1.26 bits per heavy atom. The van der Waals surface area contributed by atoms with Crippen molar-refractivity contribution in [3.8, 4) is 5.75 Å². The first-order valence-corrected chi connectivity index (χ1v) is 7.81. The molecule has 0 amide bonds.